The van der Waals surface area contributed by atoms with Gasteiger partial charge in [0, 0.05) is 11.1 Å². The zero-order valence-electron chi connectivity index (χ0n) is 9.72. The molecule has 0 radical (unpaired) electrons. The number of aldehydes is 1. The molecule has 18 heavy (non-hydrogen) atoms. The van der Waals surface area contributed by atoms with E-state index in [1.54, 1.807) is 49.6 Å². The maximum absolute atomic E-state index is 10.9. The zero-order chi connectivity index (χ0) is 13.0. The summed E-state index contributed by atoms with van der Waals surface area (Å²) in [5.41, 5.74) is 0.464. The van der Waals surface area contributed by atoms with Crippen molar-refractivity contribution in [3.63, 3.8) is 0 Å². The van der Waals surface area contributed by atoms with E-state index in [0.717, 1.165) is 6.29 Å². The molecule has 0 saturated heterocycles. The van der Waals surface area contributed by atoms with Crippen LogP contribution in [0.2, 0.25) is 5.02 Å². The minimum Gasteiger partial charge on any atom is -0.497 e. The van der Waals surface area contributed by atoms with E-state index in [0.29, 0.717) is 27.8 Å². The molecule has 0 amide bonds. The maximum Gasteiger partial charge on any atom is 0.153 e. The predicted octanol–water partition coefficient (Wildman–Crippen LogP) is 3.95. The van der Waals surface area contributed by atoms with Crippen molar-refractivity contribution in [3.05, 3.63) is 53.1 Å². The molecule has 3 nitrogen and oxygen atoms in total. The van der Waals surface area contributed by atoms with Gasteiger partial charge in [0.2, 0.25) is 0 Å². The molecule has 2 aromatic carbocycles. The highest BCUT2D eigenvalue weighted by Crippen LogP contribution is 2.29. The monoisotopic (exact) mass is 262 g/mol. The number of hydrogen-bond acceptors (Lipinski definition) is 3. The lowest BCUT2D eigenvalue weighted by atomic mass is 10.2. The van der Waals surface area contributed by atoms with Gasteiger partial charge >= 0.3 is 0 Å². The van der Waals surface area contributed by atoms with E-state index in [-0.39, 0.29) is 0 Å². The summed E-state index contributed by atoms with van der Waals surface area (Å²) in [5.74, 6) is 1.69. The van der Waals surface area contributed by atoms with Crippen molar-refractivity contribution in [1.29, 1.82) is 0 Å². The average Bonchev–Trinajstić information content (AvgIpc) is 2.41. The van der Waals surface area contributed by atoms with Crippen LogP contribution in [-0.2, 0) is 0 Å². The van der Waals surface area contributed by atoms with Crippen molar-refractivity contribution in [2.45, 2.75) is 0 Å². The minimum atomic E-state index is 0.451. The van der Waals surface area contributed by atoms with Crippen LogP contribution >= 0.6 is 11.6 Å². The molecule has 92 valence electrons. The van der Waals surface area contributed by atoms with Gasteiger partial charge in [-0.25, -0.2) is 0 Å². The molecular formula is C14H11ClO3. The average molecular weight is 263 g/mol. The minimum absolute atomic E-state index is 0.451. The Hall–Kier alpha value is -2.00. The number of carbonyl (C=O) groups is 1. The Bertz CT molecular complexity index is 549. The molecule has 0 aliphatic rings. The predicted molar refractivity (Wildman–Crippen MR) is 69.9 cm³/mol. The summed E-state index contributed by atoms with van der Waals surface area (Å²) < 4.78 is 10.7. The largest absolute Gasteiger partial charge is 0.497 e. The Balaban J connectivity index is 2.31. The van der Waals surface area contributed by atoms with Gasteiger partial charge in [-0.3, -0.25) is 4.79 Å². The van der Waals surface area contributed by atoms with Gasteiger partial charge in [0.25, 0.3) is 0 Å². The van der Waals surface area contributed by atoms with E-state index in [1.165, 1.54) is 0 Å². The molecular weight excluding hydrogens is 252 g/mol. The third-order valence-corrected chi connectivity index (χ3v) is 2.64. The van der Waals surface area contributed by atoms with Gasteiger partial charge in [-0.05, 0) is 36.4 Å². The molecule has 0 spiro atoms. The van der Waals surface area contributed by atoms with E-state index in [2.05, 4.69) is 0 Å². The van der Waals surface area contributed by atoms with Gasteiger partial charge < -0.3 is 9.47 Å². The molecule has 0 N–H and O–H groups in total. The van der Waals surface area contributed by atoms with Crippen molar-refractivity contribution in [2.24, 2.45) is 0 Å². The second-order valence-electron chi connectivity index (χ2n) is 3.58. The van der Waals surface area contributed by atoms with Crippen LogP contribution in [0.25, 0.3) is 0 Å². The van der Waals surface area contributed by atoms with Crippen LogP contribution in [0.1, 0.15) is 10.4 Å². The van der Waals surface area contributed by atoms with Crippen LogP contribution in [0.3, 0.4) is 0 Å². The standard InChI is InChI=1S/C14H11ClO3/c1-17-13-5-2-10(9-16)14(8-13)18-12-6-3-11(15)4-7-12/h2-9H,1H3. The molecule has 2 aromatic rings. The Morgan fingerprint density at radius 1 is 1.06 bits per heavy atom. The number of rotatable bonds is 4. The summed E-state index contributed by atoms with van der Waals surface area (Å²) in [6.07, 6.45) is 0.741. The van der Waals surface area contributed by atoms with Gasteiger partial charge in [0.05, 0.1) is 12.7 Å². The molecule has 2 rings (SSSR count). The summed E-state index contributed by atoms with van der Waals surface area (Å²) in [5, 5.41) is 0.628. The zero-order valence-corrected chi connectivity index (χ0v) is 10.5. The fraction of sp³-hybridized carbons (Fsp3) is 0.0714. The molecule has 0 aromatic heterocycles. The van der Waals surface area contributed by atoms with E-state index in [9.17, 15) is 4.79 Å². The summed E-state index contributed by atoms with van der Waals surface area (Å²) >= 11 is 5.79. The smallest absolute Gasteiger partial charge is 0.153 e. The van der Waals surface area contributed by atoms with Crippen molar-refractivity contribution >= 4 is 17.9 Å². The van der Waals surface area contributed by atoms with Gasteiger partial charge in [-0.15, -0.1) is 0 Å². The molecule has 0 aliphatic carbocycles. The third kappa shape index (κ3) is 2.81. The normalized spacial score (nSPS) is 9.89. The van der Waals surface area contributed by atoms with Crippen LogP contribution in [0.15, 0.2) is 42.5 Å². The number of ether oxygens (including phenoxy) is 2. The van der Waals surface area contributed by atoms with Gasteiger partial charge in [-0.2, -0.15) is 0 Å². The molecule has 0 fully saturated rings. The Morgan fingerprint density at radius 3 is 2.33 bits per heavy atom. The first-order chi connectivity index (χ1) is 8.72. The molecule has 0 saturated carbocycles. The second kappa shape index (κ2) is 5.56. The molecule has 0 unspecified atom stereocenters. The first-order valence-electron chi connectivity index (χ1n) is 5.29. The van der Waals surface area contributed by atoms with Crippen LogP contribution in [0, 0.1) is 0 Å². The topological polar surface area (TPSA) is 35.5 Å². The van der Waals surface area contributed by atoms with Gasteiger partial charge in [0.1, 0.15) is 17.2 Å². The fourth-order valence-electron chi connectivity index (χ4n) is 1.46. The van der Waals surface area contributed by atoms with E-state index in [1.807, 2.05) is 0 Å². The molecule has 4 heteroatoms. The summed E-state index contributed by atoms with van der Waals surface area (Å²) in [6.45, 7) is 0. The van der Waals surface area contributed by atoms with Crippen molar-refractivity contribution < 1.29 is 14.3 Å². The first kappa shape index (κ1) is 12.5. The van der Waals surface area contributed by atoms with Gasteiger partial charge in [0.15, 0.2) is 6.29 Å². The summed E-state index contributed by atoms with van der Waals surface area (Å²) in [7, 11) is 1.56. The van der Waals surface area contributed by atoms with E-state index < -0.39 is 0 Å². The quantitative estimate of drug-likeness (QED) is 0.783. The molecule has 0 atom stereocenters. The number of halogens is 1. The van der Waals surface area contributed by atoms with E-state index in [4.69, 9.17) is 21.1 Å². The Morgan fingerprint density at radius 2 is 1.72 bits per heavy atom. The number of carbonyl (C=O) groups excluding carboxylic acids is 1. The maximum atomic E-state index is 10.9. The lowest BCUT2D eigenvalue weighted by Gasteiger charge is -2.09. The number of methoxy groups -OCH3 is 1. The second-order valence-corrected chi connectivity index (χ2v) is 4.01. The molecule has 0 bridgehead atoms. The van der Waals surface area contributed by atoms with E-state index >= 15 is 0 Å². The van der Waals surface area contributed by atoms with Crippen LogP contribution in [0.5, 0.6) is 17.2 Å². The lowest BCUT2D eigenvalue weighted by Crippen LogP contribution is -1.92. The Labute approximate surface area is 110 Å². The van der Waals surface area contributed by atoms with Gasteiger partial charge in [-0.1, -0.05) is 11.6 Å². The van der Waals surface area contributed by atoms with Crippen LogP contribution in [0.4, 0.5) is 0 Å². The highest BCUT2D eigenvalue weighted by atomic mass is 35.5. The first-order valence-corrected chi connectivity index (χ1v) is 5.67. The highest BCUT2D eigenvalue weighted by molar-refractivity contribution is 6.30. The number of benzene rings is 2. The van der Waals surface area contributed by atoms with Crippen molar-refractivity contribution in [2.75, 3.05) is 7.11 Å². The molecule has 0 aliphatic heterocycles. The lowest BCUT2D eigenvalue weighted by molar-refractivity contribution is 0.112. The highest BCUT2D eigenvalue weighted by Gasteiger charge is 2.06. The summed E-state index contributed by atoms with van der Waals surface area (Å²) in [6, 6.07) is 11.9. The number of hydrogen-bond donors (Lipinski definition) is 0. The third-order valence-electron chi connectivity index (χ3n) is 2.39. The Kier molecular flexibility index (Phi) is 3.85. The summed E-state index contributed by atoms with van der Waals surface area (Å²) in [4.78, 5) is 10.9. The molecule has 0 heterocycles. The van der Waals surface area contributed by atoms with Crippen LogP contribution < -0.4 is 9.47 Å². The van der Waals surface area contributed by atoms with Crippen LogP contribution in [-0.4, -0.2) is 13.4 Å². The SMILES string of the molecule is COc1ccc(C=O)c(Oc2ccc(Cl)cc2)c1. The van der Waals surface area contributed by atoms with Crippen molar-refractivity contribution in [3.8, 4) is 17.2 Å². The fourth-order valence-corrected chi connectivity index (χ4v) is 1.58. The van der Waals surface area contributed by atoms with Crippen molar-refractivity contribution in [1.82, 2.24) is 0 Å².